The molecule has 0 saturated carbocycles. The van der Waals surface area contributed by atoms with Crippen LogP contribution in [0, 0.1) is 5.92 Å². The zero-order valence-corrected chi connectivity index (χ0v) is 17.7. The second-order valence-corrected chi connectivity index (χ2v) is 7.95. The van der Waals surface area contributed by atoms with Crippen LogP contribution in [0.25, 0.3) is 0 Å². The maximum atomic E-state index is 12.6. The molecule has 7 nitrogen and oxygen atoms in total. The molecule has 0 heterocycles. The molecule has 0 aliphatic carbocycles. The van der Waals surface area contributed by atoms with Gasteiger partial charge in [-0.25, -0.2) is 14.4 Å². The molecular weight excluding hydrogens is 362 g/mol. The van der Waals surface area contributed by atoms with E-state index in [2.05, 4.69) is 0 Å². The fourth-order valence-electron chi connectivity index (χ4n) is 2.46. The van der Waals surface area contributed by atoms with Crippen LogP contribution in [0.4, 0.5) is 4.79 Å². The number of hydrogen-bond donors (Lipinski definition) is 0. The molecule has 1 aromatic carbocycles. The third-order valence-corrected chi connectivity index (χ3v) is 3.82. The summed E-state index contributed by atoms with van der Waals surface area (Å²) in [5, 5.41) is 0. The fourth-order valence-corrected chi connectivity index (χ4v) is 2.46. The average molecular weight is 393 g/mol. The van der Waals surface area contributed by atoms with E-state index >= 15 is 0 Å². The third kappa shape index (κ3) is 7.58. The van der Waals surface area contributed by atoms with E-state index in [0.29, 0.717) is 0 Å². The van der Waals surface area contributed by atoms with Crippen LogP contribution >= 0.6 is 0 Å². The van der Waals surface area contributed by atoms with Crippen LogP contribution in [0.5, 0.6) is 0 Å². The summed E-state index contributed by atoms with van der Waals surface area (Å²) in [6, 6.07) is 8.31. The number of nitrogens with zero attached hydrogens (tertiary/aromatic N) is 1. The number of esters is 2. The summed E-state index contributed by atoms with van der Waals surface area (Å²) in [5.74, 6) is -1.58. The van der Waals surface area contributed by atoms with Gasteiger partial charge < -0.3 is 14.2 Å². The maximum absolute atomic E-state index is 12.6. The summed E-state index contributed by atoms with van der Waals surface area (Å²) in [5.41, 5.74) is 0.143. The van der Waals surface area contributed by atoms with E-state index in [1.807, 2.05) is 30.3 Å². The molecule has 0 saturated heterocycles. The number of carbonyl (C=O) groups excluding carboxylic acids is 3. The van der Waals surface area contributed by atoms with Gasteiger partial charge in [0.1, 0.15) is 18.2 Å². The van der Waals surface area contributed by atoms with E-state index in [9.17, 15) is 14.4 Å². The monoisotopic (exact) mass is 393 g/mol. The van der Waals surface area contributed by atoms with Crippen molar-refractivity contribution in [2.75, 3.05) is 7.05 Å². The Morgan fingerprint density at radius 2 is 1.57 bits per heavy atom. The molecule has 0 bridgehead atoms. The smallest absolute Gasteiger partial charge is 0.410 e. The number of benzene rings is 1. The highest BCUT2D eigenvalue weighted by molar-refractivity contribution is 5.84. The molecule has 0 radical (unpaired) electrons. The lowest BCUT2D eigenvalue weighted by atomic mass is 10.0. The molecular formula is C21H31NO6. The van der Waals surface area contributed by atoms with Crippen molar-refractivity contribution in [1.82, 2.24) is 4.90 Å². The highest BCUT2D eigenvalue weighted by Gasteiger charge is 2.35. The highest BCUT2D eigenvalue weighted by atomic mass is 16.6. The van der Waals surface area contributed by atoms with Crippen LogP contribution in [-0.2, 0) is 30.4 Å². The zero-order valence-electron chi connectivity index (χ0n) is 17.7. The first-order chi connectivity index (χ1) is 12.9. The summed E-state index contributed by atoms with van der Waals surface area (Å²) in [4.78, 5) is 38.2. The van der Waals surface area contributed by atoms with Crippen LogP contribution in [0.1, 0.15) is 47.1 Å². The number of rotatable bonds is 7. The van der Waals surface area contributed by atoms with Gasteiger partial charge in [-0.1, -0.05) is 44.2 Å². The van der Waals surface area contributed by atoms with Crippen molar-refractivity contribution in [2.45, 2.75) is 65.9 Å². The van der Waals surface area contributed by atoms with Crippen LogP contribution in [0.3, 0.4) is 0 Å². The Balaban J connectivity index is 2.69. The SMILES string of the molecule is CC(OC(=O)[C@H](C(C)C)N(C)C(=O)OC(C)(C)C)C(=O)OCc1ccccc1. The lowest BCUT2D eigenvalue weighted by molar-refractivity contribution is -0.171. The Hall–Kier alpha value is -2.57. The van der Waals surface area contributed by atoms with Crippen molar-refractivity contribution in [3.8, 4) is 0 Å². The molecule has 0 spiro atoms. The molecule has 0 aliphatic rings. The van der Waals surface area contributed by atoms with Crippen molar-refractivity contribution >= 4 is 18.0 Å². The molecule has 7 heteroatoms. The summed E-state index contributed by atoms with van der Waals surface area (Å²) in [7, 11) is 1.47. The van der Waals surface area contributed by atoms with Gasteiger partial charge in [-0.2, -0.15) is 0 Å². The number of ether oxygens (including phenoxy) is 3. The molecule has 156 valence electrons. The Morgan fingerprint density at radius 1 is 1.00 bits per heavy atom. The van der Waals surface area contributed by atoms with Crippen molar-refractivity contribution in [3.05, 3.63) is 35.9 Å². The van der Waals surface area contributed by atoms with Gasteiger partial charge >= 0.3 is 18.0 Å². The van der Waals surface area contributed by atoms with Crippen LogP contribution < -0.4 is 0 Å². The first-order valence-electron chi connectivity index (χ1n) is 9.29. The first kappa shape index (κ1) is 23.5. The first-order valence-corrected chi connectivity index (χ1v) is 9.29. The molecule has 1 unspecified atom stereocenters. The Labute approximate surface area is 166 Å². The topological polar surface area (TPSA) is 82.1 Å². The Kier molecular flexibility index (Phi) is 8.47. The quantitative estimate of drug-likeness (QED) is 0.520. The van der Waals surface area contributed by atoms with Crippen LogP contribution in [0.15, 0.2) is 30.3 Å². The molecule has 1 rings (SSSR count). The molecule has 0 aromatic heterocycles. The molecule has 0 fully saturated rings. The second-order valence-electron chi connectivity index (χ2n) is 7.95. The van der Waals surface area contributed by atoms with E-state index in [1.165, 1.54) is 18.9 Å². The Bertz CT molecular complexity index is 665. The minimum absolute atomic E-state index is 0.0903. The van der Waals surface area contributed by atoms with Gasteiger partial charge in [-0.05, 0) is 39.2 Å². The van der Waals surface area contributed by atoms with Gasteiger partial charge in [-0.3, -0.25) is 4.90 Å². The summed E-state index contributed by atoms with van der Waals surface area (Å²) < 4.78 is 15.8. The molecule has 0 N–H and O–H groups in total. The van der Waals surface area contributed by atoms with Gasteiger partial charge in [0.15, 0.2) is 6.10 Å². The van der Waals surface area contributed by atoms with Crippen LogP contribution in [-0.4, -0.2) is 47.7 Å². The molecule has 0 aliphatic heterocycles. The molecule has 2 atom stereocenters. The second kappa shape index (κ2) is 10.1. The molecule has 1 amide bonds. The predicted octanol–water partition coefficient (Wildman–Crippen LogP) is 3.55. The number of likely N-dealkylation sites (N-methyl/N-ethyl adjacent to an activating group) is 1. The van der Waals surface area contributed by atoms with E-state index in [-0.39, 0.29) is 12.5 Å². The summed E-state index contributed by atoms with van der Waals surface area (Å²) in [6.45, 7) is 10.3. The zero-order chi connectivity index (χ0) is 21.5. The van der Waals surface area contributed by atoms with Crippen molar-refractivity contribution < 1.29 is 28.6 Å². The number of carbonyl (C=O) groups is 3. The normalized spacial score (nSPS) is 13.4. The predicted molar refractivity (Wildman–Crippen MR) is 104 cm³/mol. The van der Waals surface area contributed by atoms with Crippen LogP contribution in [0.2, 0.25) is 0 Å². The fraction of sp³-hybridized carbons (Fsp3) is 0.571. The van der Waals surface area contributed by atoms with Crippen molar-refractivity contribution in [1.29, 1.82) is 0 Å². The van der Waals surface area contributed by atoms with Crippen molar-refractivity contribution in [2.24, 2.45) is 5.92 Å². The molecule has 1 aromatic rings. The maximum Gasteiger partial charge on any atom is 0.410 e. The lowest BCUT2D eigenvalue weighted by Crippen LogP contribution is -2.49. The van der Waals surface area contributed by atoms with E-state index in [0.717, 1.165) is 5.56 Å². The summed E-state index contributed by atoms with van der Waals surface area (Å²) in [6.07, 6.45) is -1.73. The van der Waals surface area contributed by atoms with E-state index in [4.69, 9.17) is 14.2 Å². The minimum atomic E-state index is -1.09. The van der Waals surface area contributed by atoms with Gasteiger partial charge in [0.2, 0.25) is 0 Å². The van der Waals surface area contributed by atoms with Gasteiger partial charge in [0.25, 0.3) is 0 Å². The lowest BCUT2D eigenvalue weighted by Gasteiger charge is -2.32. The van der Waals surface area contributed by atoms with E-state index < -0.39 is 35.8 Å². The third-order valence-electron chi connectivity index (χ3n) is 3.82. The van der Waals surface area contributed by atoms with Gasteiger partial charge in [-0.15, -0.1) is 0 Å². The highest BCUT2D eigenvalue weighted by Crippen LogP contribution is 2.17. The van der Waals surface area contributed by atoms with Gasteiger partial charge in [0, 0.05) is 7.05 Å². The minimum Gasteiger partial charge on any atom is -0.458 e. The standard InChI is InChI=1S/C21H31NO6/c1-14(2)17(22(7)20(25)28-21(4,5)6)19(24)27-15(3)18(23)26-13-16-11-9-8-10-12-16/h8-12,14-15,17H,13H2,1-7H3/t15?,17-/m0/s1. The largest absolute Gasteiger partial charge is 0.458 e. The number of amides is 1. The Morgan fingerprint density at radius 3 is 2.07 bits per heavy atom. The number of hydrogen-bond acceptors (Lipinski definition) is 6. The summed E-state index contributed by atoms with van der Waals surface area (Å²) >= 11 is 0. The average Bonchev–Trinajstić information content (AvgIpc) is 2.58. The van der Waals surface area contributed by atoms with Crippen molar-refractivity contribution in [3.63, 3.8) is 0 Å². The van der Waals surface area contributed by atoms with Gasteiger partial charge in [0.05, 0.1) is 0 Å². The molecule has 28 heavy (non-hydrogen) atoms. The van der Waals surface area contributed by atoms with E-state index in [1.54, 1.807) is 34.6 Å².